The van der Waals surface area contributed by atoms with Crippen molar-refractivity contribution in [3.63, 3.8) is 0 Å². The number of aromatic nitrogens is 3. The van der Waals surface area contributed by atoms with E-state index in [0.717, 1.165) is 80.8 Å². The maximum atomic E-state index is 13.5. The van der Waals surface area contributed by atoms with Crippen LogP contribution in [0.3, 0.4) is 0 Å². The molecule has 1 unspecified atom stereocenters. The van der Waals surface area contributed by atoms with Crippen molar-refractivity contribution in [3.05, 3.63) is 71.8 Å². The van der Waals surface area contributed by atoms with Crippen LogP contribution in [0.2, 0.25) is 0 Å². The molecule has 0 bridgehead atoms. The van der Waals surface area contributed by atoms with Gasteiger partial charge in [-0.1, -0.05) is 12.1 Å². The standard InChI is InChI=1S/C27H34N6O/c1-21-18-24(22(2)33(21)26-10-4-6-12-29-26)27(34)32-13-7-8-23(20-32)19-30-14-16-31(17-15-30)25-9-3-5-11-28-25/h3-6,9-12,18,23H,7-8,13-17,19-20H2,1-2H3. The number of rotatable bonds is 5. The number of hydrogen-bond donors (Lipinski definition) is 0. The van der Waals surface area contributed by atoms with Crippen molar-refractivity contribution in [1.29, 1.82) is 0 Å². The Labute approximate surface area is 202 Å². The molecule has 178 valence electrons. The molecular weight excluding hydrogens is 424 g/mol. The van der Waals surface area contributed by atoms with Crippen molar-refractivity contribution in [1.82, 2.24) is 24.3 Å². The fourth-order valence-corrected chi connectivity index (χ4v) is 5.45. The van der Waals surface area contributed by atoms with E-state index in [1.54, 1.807) is 6.20 Å². The number of carbonyl (C=O) groups is 1. The van der Waals surface area contributed by atoms with Gasteiger partial charge in [-0.15, -0.1) is 0 Å². The zero-order valence-electron chi connectivity index (χ0n) is 20.2. The summed E-state index contributed by atoms with van der Waals surface area (Å²) in [4.78, 5) is 29.5. The first kappa shape index (κ1) is 22.6. The number of amides is 1. The number of piperidine rings is 1. The van der Waals surface area contributed by atoms with Crippen molar-refractivity contribution in [2.75, 3.05) is 50.7 Å². The number of pyridine rings is 2. The van der Waals surface area contributed by atoms with Crippen LogP contribution in [-0.2, 0) is 0 Å². The summed E-state index contributed by atoms with van der Waals surface area (Å²) < 4.78 is 2.08. The molecule has 1 atom stereocenters. The number of anilines is 1. The van der Waals surface area contributed by atoms with E-state index < -0.39 is 0 Å². The van der Waals surface area contributed by atoms with Crippen molar-refractivity contribution in [3.8, 4) is 5.82 Å². The Bertz CT molecular complexity index is 1100. The lowest BCUT2D eigenvalue weighted by Crippen LogP contribution is -2.50. The summed E-state index contributed by atoms with van der Waals surface area (Å²) in [5, 5.41) is 0. The summed E-state index contributed by atoms with van der Waals surface area (Å²) in [7, 11) is 0. The summed E-state index contributed by atoms with van der Waals surface area (Å²) >= 11 is 0. The van der Waals surface area contributed by atoms with Gasteiger partial charge in [-0.3, -0.25) is 9.69 Å². The third kappa shape index (κ3) is 4.71. The van der Waals surface area contributed by atoms with Gasteiger partial charge in [0.15, 0.2) is 0 Å². The number of aryl methyl sites for hydroxylation is 1. The topological polar surface area (TPSA) is 57.5 Å². The van der Waals surface area contributed by atoms with Crippen LogP contribution in [0.4, 0.5) is 5.82 Å². The molecule has 0 aliphatic carbocycles. The van der Waals surface area contributed by atoms with Gasteiger partial charge < -0.3 is 14.4 Å². The molecule has 0 N–H and O–H groups in total. The molecule has 0 saturated carbocycles. The summed E-state index contributed by atoms with van der Waals surface area (Å²) in [6.45, 7) is 10.9. The van der Waals surface area contributed by atoms with Crippen LogP contribution < -0.4 is 4.90 Å². The minimum absolute atomic E-state index is 0.153. The van der Waals surface area contributed by atoms with E-state index in [-0.39, 0.29) is 5.91 Å². The van der Waals surface area contributed by atoms with E-state index in [1.807, 2.05) is 50.4 Å². The third-order valence-corrected chi connectivity index (χ3v) is 7.21. The maximum Gasteiger partial charge on any atom is 0.255 e. The lowest BCUT2D eigenvalue weighted by atomic mass is 9.96. The first-order chi connectivity index (χ1) is 16.6. The SMILES string of the molecule is Cc1cc(C(=O)N2CCCC(CN3CCN(c4ccccn4)CC3)C2)c(C)n1-c1ccccn1. The Morgan fingerprint density at radius 2 is 1.65 bits per heavy atom. The molecule has 2 fully saturated rings. The fourth-order valence-electron chi connectivity index (χ4n) is 5.45. The second-order valence-electron chi connectivity index (χ2n) is 9.54. The van der Waals surface area contributed by atoms with Gasteiger partial charge in [0, 0.05) is 69.6 Å². The number of carbonyl (C=O) groups excluding carboxylic acids is 1. The lowest BCUT2D eigenvalue weighted by Gasteiger charge is -2.39. The van der Waals surface area contributed by atoms with Crippen LogP contribution in [0.5, 0.6) is 0 Å². The lowest BCUT2D eigenvalue weighted by molar-refractivity contribution is 0.0636. The summed E-state index contributed by atoms with van der Waals surface area (Å²) in [6, 6.07) is 14.0. The quantitative estimate of drug-likeness (QED) is 0.585. The van der Waals surface area contributed by atoms with Gasteiger partial charge in [0.05, 0.1) is 5.56 Å². The molecule has 3 aromatic heterocycles. The van der Waals surface area contributed by atoms with Crippen LogP contribution in [0.15, 0.2) is 54.9 Å². The molecule has 5 heterocycles. The molecule has 2 aliphatic rings. The summed E-state index contributed by atoms with van der Waals surface area (Å²) in [6.07, 6.45) is 5.92. The monoisotopic (exact) mass is 458 g/mol. The Hall–Kier alpha value is -3.19. The predicted molar refractivity (Wildman–Crippen MR) is 135 cm³/mol. The molecule has 0 aromatic carbocycles. The second kappa shape index (κ2) is 9.97. The van der Waals surface area contributed by atoms with E-state index in [4.69, 9.17) is 0 Å². The van der Waals surface area contributed by atoms with Crippen molar-refractivity contribution >= 4 is 11.7 Å². The summed E-state index contributed by atoms with van der Waals surface area (Å²) in [5.41, 5.74) is 2.81. The van der Waals surface area contributed by atoms with E-state index >= 15 is 0 Å². The molecule has 7 heteroatoms. The van der Waals surface area contributed by atoms with E-state index in [0.29, 0.717) is 5.92 Å². The van der Waals surface area contributed by atoms with Crippen LogP contribution in [-0.4, -0.2) is 76.1 Å². The fraction of sp³-hybridized carbons (Fsp3) is 0.444. The van der Waals surface area contributed by atoms with E-state index in [1.165, 1.54) is 6.42 Å². The predicted octanol–water partition coefficient (Wildman–Crippen LogP) is 3.56. The molecule has 5 rings (SSSR count). The van der Waals surface area contributed by atoms with Crippen molar-refractivity contribution < 1.29 is 4.79 Å². The Morgan fingerprint density at radius 1 is 0.941 bits per heavy atom. The largest absolute Gasteiger partial charge is 0.354 e. The third-order valence-electron chi connectivity index (χ3n) is 7.21. The second-order valence-corrected chi connectivity index (χ2v) is 9.54. The molecule has 2 saturated heterocycles. The molecular formula is C27H34N6O. The van der Waals surface area contributed by atoms with Gasteiger partial charge in [0.2, 0.25) is 0 Å². The highest BCUT2D eigenvalue weighted by atomic mass is 16.2. The highest BCUT2D eigenvalue weighted by molar-refractivity contribution is 5.96. The van der Waals surface area contributed by atoms with E-state index in [9.17, 15) is 4.79 Å². The molecule has 0 radical (unpaired) electrons. The van der Waals surface area contributed by atoms with Gasteiger partial charge in [-0.2, -0.15) is 0 Å². The highest BCUT2D eigenvalue weighted by Crippen LogP contribution is 2.25. The van der Waals surface area contributed by atoms with Gasteiger partial charge in [0.1, 0.15) is 11.6 Å². The Morgan fingerprint density at radius 3 is 2.32 bits per heavy atom. The van der Waals surface area contributed by atoms with Gasteiger partial charge in [-0.05, 0) is 62.9 Å². The molecule has 7 nitrogen and oxygen atoms in total. The Kier molecular flexibility index (Phi) is 6.63. The first-order valence-electron chi connectivity index (χ1n) is 12.4. The molecule has 0 spiro atoms. The number of likely N-dealkylation sites (tertiary alicyclic amines) is 1. The zero-order valence-corrected chi connectivity index (χ0v) is 20.2. The first-order valence-corrected chi connectivity index (χ1v) is 12.4. The Balaban J connectivity index is 1.20. The summed E-state index contributed by atoms with van der Waals surface area (Å²) in [5.74, 6) is 2.61. The average Bonchev–Trinajstić information content (AvgIpc) is 3.19. The molecule has 1 amide bonds. The van der Waals surface area contributed by atoms with Crippen LogP contribution >= 0.6 is 0 Å². The average molecular weight is 459 g/mol. The van der Waals surface area contributed by atoms with Gasteiger partial charge >= 0.3 is 0 Å². The van der Waals surface area contributed by atoms with Gasteiger partial charge in [-0.25, -0.2) is 9.97 Å². The number of hydrogen-bond acceptors (Lipinski definition) is 5. The molecule has 3 aromatic rings. The highest BCUT2D eigenvalue weighted by Gasteiger charge is 2.29. The normalized spacial score (nSPS) is 19.4. The smallest absolute Gasteiger partial charge is 0.255 e. The van der Waals surface area contributed by atoms with Crippen LogP contribution in [0.1, 0.15) is 34.6 Å². The zero-order chi connectivity index (χ0) is 23.5. The van der Waals surface area contributed by atoms with Gasteiger partial charge in [0.25, 0.3) is 5.91 Å². The molecule has 34 heavy (non-hydrogen) atoms. The minimum atomic E-state index is 0.153. The number of piperazine rings is 1. The molecule has 2 aliphatic heterocycles. The maximum absolute atomic E-state index is 13.5. The van der Waals surface area contributed by atoms with Crippen LogP contribution in [0.25, 0.3) is 5.82 Å². The van der Waals surface area contributed by atoms with Crippen molar-refractivity contribution in [2.45, 2.75) is 26.7 Å². The number of nitrogens with zero attached hydrogens (tertiary/aromatic N) is 6. The van der Waals surface area contributed by atoms with Crippen LogP contribution in [0, 0.1) is 19.8 Å². The van der Waals surface area contributed by atoms with Crippen molar-refractivity contribution in [2.24, 2.45) is 5.92 Å². The minimum Gasteiger partial charge on any atom is -0.354 e. The van der Waals surface area contributed by atoms with E-state index in [2.05, 4.69) is 41.4 Å².